The van der Waals surface area contributed by atoms with Crippen molar-refractivity contribution >= 4 is 11.7 Å². The molecule has 8 heteroatoms. The minimum Gasteiger partial charge on any atom is -0.376 e. The third-order valence-corrected chi connectivity index (χ3v) is 3.37. The maximum Gasteiger partial charge on any atom is 0.390 e. The van der Waals surface area contributed by atoms with Gasteiger partial charge in [-0.25, -0.2) is 0 Å². The molecule has 0 bridgehead atoms. The molecule has 1 aliphatic heterocycles. The lowest BCUT2D eigenvalue weighted by Crippen LogP contribution is -2.36. The molecular weight excluding hydrogens is 264 g/mol. The fourth-order valence-electron chi connectivity index (χ4n) is 2.23. The predicted molar refractivity (Wildman–Crippen MR) is 70.3 cm³/mol. The van der Waals surface area contributed by atoms with Gasteiger partial charge < -0.3 is 20.2 Å². The van der Waals surface area contributed by atoms with E-state index in [0.717, 1.165) is 19.4 Å². The number of aryl methyl sites for hydroxylation is 1. The molecule has 0 aromatic carbocycles. The zero-order chi connectivity index (χ0) is 14.7. The van der Waals surface area contributed by atoms with E-state index in [1.165, 1.54) is 10.7 Å². The van der Waals surface area contributed by atoms with Crippen molar-refractivity contribution in [3.63, 3.8) is 0 Å². The van der Waals surface area contributed by atoms with Crippen LogP contribution in [0.4, 0.5) is 5.82 Å². The van der Waals surface area contributed by atoms with Gasteiger partial charge in [-0.3, -0.25) is 4.79 Å². The predicted octanol–water partition coefficient (Wildman–Crippen LogP) is 0.956. The molecule has 0 saturated carbocycles. The number of nitro groups is 1. The summed E-state index contributed by atoms with van der Waals surface area (Å²) in [5.41, 5.74) is 0.580. The van der Waals surface area contributed by atoms with Crippen LogP contribution >= 0.6 is 0 Å². The number of ether oxygens (including phenoxy) is 1. The quantitative estimate of drug-likeness (QED) is 0.640. The number of hydrogen-bond donors (Lipinski definition) is 1. The van der Waals surface area contributed by atoms with Crippen molar-refractivity contribution in [2.75, 3.05) is 13.2 Å². The van der Waals surface area contributed by atoms with E-state index in [-0.39, 0.29) is 17.8 Å². The minimum atomic E-state index is -0.592. The third-order valence-electron chi connectivity index (χ3n) is 3.37. The molecule has 20 heavy (non-hydrogen) atoms. The van der Waals surface area contributed by atoms with Crippen molar-refractivity contribution < 1.29 is 14.5 Å². The Morgan fingerprint density at radius 3 is 3.05 bits per heavy atom. The number of amides is 1. The molecular formula is C12H18N4O4. The van der Waals surface area contributed by atoms with Crippen LogP contribution in [0, 0.1) is 17.0 Å². The van der Waals surface area contributed by atoms with E-state index in [2.05, 4.69) is 10.4 Å². The zero-order valence-electron chi connectivity index (χ0n) is 11.5. The number of carbonyl (C=O) groups excluding carboxylic acids is 1. The van der Waals surface area contributed by atoms with Crippen LogP contribution in [-0.2, 0) is 9.53 Å². The summed E-state index contributed by atoms with van der Waals surface area (Å²) < 4.78 is 6.79. The molecule has 2 unspecified atom stereocenters. The summed E-state index contributed by atoms with van der Waals surface area (Å²) in [5.74, 6) is -0.470. The molecule has 0 aliphatic carbocycles. The molecule has 8 nitrogen and oxygen atoms in total. The maximum atomic E-state index is 12.0. The number of hydrogen-bond acceptors (Lipinski definition) is 5. The highest BCUT2D eigenvalue weighted by atomic mass is 16.6. The lowest BCUT2D eigenvalue weighted by Gasteiger charge is -2.14. The molecule has 2 rings (SSSR count). The van der Waals surface area contributed by atoms with E-state index in [1.54, 1.807) is 13.8 Å². The fraction of sp³-hybridized carbons (Fsp3) is 0.667. The van der Waals surface area contributed by atoms with E-state index in [9.17, 15) is 14.9 Å². The first kappa shape index (κ1) is 14.4. The summed E-state index contributed by atoms with van der Waals surface area (Å²) in [6.45, 7) is 4.55. The van der Waals surface area contributed by atoms with E-state index >= 15 is 0 Å². The summed E-state index contributed by atoms with van der Waals surface area (Å²) in [4.78, 5) is 22.1. The van der Waals surface area contributed by atoms with Crippen LogP contribution in [0.3, 0.4) is 0 Å². The highest BCUT2D eigenvalue weighted by Crippen LogP contribution is 2.16. The van der Waals surface area contributed by atoms with Crippen molar-refractivity contribution in [3.05, 3.63) is 21.9 Å². The molecule has 1 fully saturated rings. The van der Waals surface area contributed by atoms with Gasteiger partial charge in [-0.1, -0.05) is 0 Å². The average Bonchev–Trinajstić information content (AvgIpc) is 3.04. The molecule has 0 spiro atoms. The fourth-order valence-corrected chi connectivity index (χ4v) is 2.23. The monoisotopic (exact) mass is 282 g/mol. The van der Waals surface area contributed by atoms with Crippen LogP contribution in [0.5, 0.6) is 0 Å². The van der Waals surface area contributed by atoms with Crippen molar-refractivity contribution in [3.8, 4) is 0 Å². The first-order valence-electron chi connectivity index (χ1n) is 6.59. The Balaban J connectivity index is 1.96. The summed E-state index contributed by atoms with van der Waals surface area (Å²) in [7, 11) is 0. The van der Waals surface area contributed by atoms with Crippen LogP contribution < -0.4 is 5.32 Å². The van der Waals surface area contributed by atoms with Gasteiger partial charge >= 0.3 is 5.82 Å². The van der Waals surface area contributed by atoms with Crippen molar-refractivity contribution in [1.29, 1.82) is 0 Å². The Kier molecular flexibility index (Phi) is 4.33. The van der Waals surface area contributed by atoms with Crippen LogP contribution in [0.2, 0.25) is 0 Å². The summed E-state index contributed by atoms with van der Waals surface area (Å²) in [5, 5.41) is 17.3. The van der Waals surface area contributed by atoms with Gasteiger partial charge in [0, 0.05) is 13.2 Å². The highest BCUT2D eigenvalue weighted by molar-refractivity contribution is 5.79. The first-order valence-corrected chi connectivity index (χ1v) is 6.59. The zero-order valence-corrected chi connectivity index (χ0v) is 11.5. The van der Waals surface area contributed by atoms with Crippen molar-refractivity contribution in [2.24, 2.45) is 0 Å². The second kappa shape index (κ2) is 6.00. The number of aromatic nitrogens is 2. The number of rotatable bonds is 5. The smallest absolute Gasteiger partial charge is 0.376 e. The lowest BCUT2D eigenvalue weighted by molar-refractivity contribution is -0.389. The van der Waals surface area contributed by atoms with E-state index in [4.69, 9.17) is 4.74 Å². The molecule has 1 saturated heterocycles. The molecule has 1 aromatic heterocycles. The summed E-state index contributed by atoms with van der Waals surface area (Å²) in [6, 6.07) is 0.759. The summed E-state index contributed by atoms with van der Waals surface area (Å²) in [6.07, 6.45) is 2.03. The van der Waals surface area contributed by atoms with E-state index in [0.29, 0.717) is 12.2 Å². The van der Waals surface area contributed by atoms with E-state index in [1.807, 2.05) is 0 Å². The molecule has 2 heterocycles. The number of nitrogens with one attached hydrogen (secondary N) is 1. The van der Waals surface area contributed by atoms with Gasteiger partial charge in [-0.15, -0.1) is 0 Å². The highest BCUT2D eigenvalue weighted by Gasteiger charge is 2.25. The third kappa shape index (κ3) is 3.13. The lowest BCUT2D eigenvalue weighted by atomic mass is 10.2. The average molecular weight is 282 g/mol. The second-order valence-corrected chi connectivity index (χ2v) is 4.90. The largest absolute Gasteiger partial charge is 0.390 e. The minimum absolute atomic E-state index is 0.0687. The molecule has 1 aromatic rings. The van der Waals surface area contributed by atoms with Crippen LogP contribution in [-0.4, -0.2) is 39.9 Å². The van der Waals surface area contributed by atoms with Gasteiger partial charge in [0.05, 0.1) is 23.0 Å². The van der Waals surface area contributed by atoms with Crippen molar-refractivity contribution in [2.45, 2.75) is 38.8 Å². The van der Waals surface area contributed by atoms with Gasteiger partial charge in [0.1, 0.15) is 6.04 Å². The second-order valence-electron chi connectivity index (χ2n) is 4.90. The molecule has 1 N–H and O–H groups in total. The van der Waals surface area contributed by atoms with Crippen LogP contribution in [0.15, 0.2) is 6.07 Å². The Morgan fingerprint density at radius 1 is 1.75 bits per heavy atom. The Labute approximate surface area is 116 Å². The van der Waals surface area contributed by atoms with Gasteiger partial charge in [-0.2, -0.15) is 4.68 Å². The van der Waals surface area contributed by atoms with Crippen LogP contribution in [0.1, 0.15) is 31.5 Å². The number of carbonyl (C=O) groups is 1. The first-order chi connectivity index (χ1) is 9.49. The van der Waals surface area contributed by atoms with Crippen molar-refractivity contribution in [1.82, 2.24) is 15.1 Å². The van der Waals surface area contributed by atoms with E-state index < -0.39 is 11.0 Å². The SMILES string of the molecule is Cc1cc([N+](=O)[O-])nn1C(C)C(=O)NCC1CCCO1. The van der Waals surface area contributed by atoms with Gasteiger partial charge in [0.2, 0.25) is 5.91 Å². The molecule has 110 valence electrons. The summed E-state index contributed by atoms with van der Waals surface area (Å²) >= 11 is 0. The molecule has 1 aliphatic rings. The van der Waals surface area contributed by atoms with Gasteiger partial charge in [0.25, 0.3) is 0 Å². The Bertz CT molecular complexity index is 508. The Morgan fingerprint density at radius 2 is 2.50 bits per heavy atom. The molecule has 0 radical (unpaired) electrons. The normalized spacial score (nSPS) is 19.8. The topological polar surface area (TPSA) is 99.3 Å². The maximum absolute atomic E-state index is 12.0. The number of nitrogens with zero attached hydrogens (tertiary/aromatic N) is 3. The molecule has 1 amide bonds. The van der Waals surface area contributed by atoms with Gasteiger partial charge in [0.15, 0.2) is 0 Å². The Hall–Kier alpha value is -1.96. The molecule has 2 atom stereocenters. The van der Waals surface area contributed by atoms with Crippen LogP contribution in [0.25, 0.3) is 0 Å². The van der Waals surface area contributed by atoms with Gasteiger partial charge in [-0.05, 0) is 31.6 Å². The standard InChI is InChI=1S/C12H18N4O4/c1-8-6-11(16(18)19)14-15(8)9(2)12(17)13-7-10-4-3-5-20-10/h6,9-10H,3-5,7H2,1-2H3,(H,13,17).